The minimum atomic E-state index is -0.471. The van der Waals surface area contributed by atoms with E-state index in [0.717, 1.165) is 12.0 Å². The van der Waals surface area contributed by atoms with Crippen molar-refractivity contribution in [3.05, 3.63) is 34.6 Å². The number of hydrogen-bond acceptors (Lipinski definition) is 2. The fourth-order valence-corrected chi connectivity index (χ4v) is 2.38. The maximum atomic E-state index is 13.8. The monoisotopic (exact) mass is 236 g/mol. The normalized spacial score (nSPS) is 24.0. The Morgan fingerprint density at radius 3 is 2.59 bits per heavy atom. The Labute approximate surface area is 101 Å². The Kier molecular flexibility index (Phi) is 3.29. The molecule has 2 rings (SSSR count). The predicted molar refractivity (Wildman–Crippen MR) is 63.8 cm³/mol. The molecule has 0 aromatic heterocycles. The maximum absolute atomic E-state index is 13.8. The molecule has 1 aliphatic heterocycles. The molecule has 1 aromatic rings. The van der Waals surface area contributed by atoms with E-state index in [1.807, 2.05) is 19.9 Å². The molecule has 0 radical (unpaired) electrons. The lowest BCUT2D eigenvalue weighted by molar-refractivity contribution is 0.0429. The Bertz CT molecular complexity index is 431. The van der Waals surface area contributed by atoms with Gasteiger partial charge in [-0.2, -0.15) is 0 Å². The van der Waals surface area contributed by atoms with Crippen LogP contribution in [0.3, 0.4) is 0 Å². The van der Waals surface area contributed by atoms with Crippen LogP contribution in [0.25, 0.3) is 0 Å². The molecule has 1 aliphatic rings. The first-order chi connectivity index (χ1) is 7.99. The average Bonchev–Trinajstić information content (AvgIpc) is 2.63. The van der Waals surface area contributed by atoms with Gasteiger partial charge in [0, 0.05) is 0 Å². The molecule has 1 heterocycles. The van der Waals surface area contributed by atoms with E-state index >= 15 is 0 Å². The molecule has 2 atom stereocenters. The molecule has 2 nitrogen and oxygen atoms in total. The molecule has 0 saturated carbocycles. The number of carbonyl (C=O) groups is 1. The fraction of sp³-hybridized carbons (Fsp3) is 0.500. The summed E-state index contributed by atoms with van der Waals surface area (Å²) in [5.41, 5.74) is 1.71. The van der Waals surface area contributed by atoms with Crippen molar-refractivity contribution < 1.29 is 13.9 Å². The number of carbonyl (C=O) groups excluding carboxylic acids is 1. The third-order valence-electron chi connectivity index (χ3n) is 3.20. The third kappa shape index (κ3) is 2.39. The van der Waals surface area contributed by atoms with Gasteiger partial charge in [0.15, 0.2) is 5.78 Å². The minimum absolute atomic E-state index is 0.0952. The summed E-state index contributed by atoms with van der Waals surface area (Å²) in [4.78, 5) is 12.2. The van der Waals surface area contributed by atoms with Crippen molar-refractivity contribution in [2.75, 3.05) is 0 Å². The Hall–Kier alpha value is -1.22. The first kappa shape index (κ1) is 12.2. The number of aryl methyl sites for hydroxylation is 2. The van der Waals surface area contributed by atoms with E-state index in [2.05, 4.69) is 0 Å². The van der Waals surface area contributed by atoms with Crippen molar-refractivity contribution in [1.82, 2.24) is 0 Å². The van der Waals surface area contributed by atoms with Crippen LogP contribution < -0.4 is 0 Å². The summed E-state index contributed by atoms with van der Waals surface area (Å²) in [6, 6.07) is 3.23. The first-order valence-electron chi connectivity index (χ1n) is 5.95. The van der Waals surface area contributed by atoms with Gasteiger partial charge < -0.3 is 4.74 Å². The van der Waals surface area contributed by atoms with Crippen molar-refractivity contribution >= 4 is 5.78 Å². The highest BCUT2D eigenvalue weighted by Crippen LogP contribution is 2.25. The molecule has 1 fully saturated rings. The molecule has 0 amide bonds. The van der Waals surface area contributed by atoms with Crippen LogP contribution in [-0.4, -0.2) is 18.0 Å². The van der Waals surface area contributed by atoms with Crippen LogP contribution in [0.15, 0.2) is 12.1 Å². The zero-order valence-electron chi connectivity index (χ0n) is 10.4. The molecule has 1 saturated heterocycles. The highest BCUT2D eigenvalue weighted by Gasteiger charge is 2.31. The predicted octanol–water partition coefficient (Wildman–Crippen LogP) is 3.19. The fourth-order valence-electron chi connectivity index (χ4n) is 2.38. The molecule has 92 valence electrons. The van der Waals surface area contributed by atoms with E-state index in [1.54, 1.807) is 6.92 Å². The molecule has 17 heavy (non-hydrogen) atoms. The zero-order chi connectivity index (χ0) is 12.6. The van der Waals surface area contributed by atoms with Crippen LogP contribution in [0.2, 0.25) is 0 Å². The second-order valence-electron chi connectivity index (χ2n) is 4.82. The largest absolute Gasteiger partial charge is 0.367 e. The number of ether oxygens (including phenoxy) is 1. The number of ketones is 1. The lowest BCUT2D eigenvalue weighted by atomic mass is 9.97. The first-order valence-corrected chi connectivity index (χ1v) is 5.95. The van der Waals surface area contributed by atoms with Gasteiger partial charge in [-0.05, 0) is 50.8 Å². The van der Waals surface area contributed by atoms with E-state index in [-0.39, 0.29) is 17.5 Å². The van der Waals surface area contributed by atoms with Crippen LogP contribution >= 0.6 is 0 Å². The van der Waals surface area contributed by atoms with Gasteiger partial charge in [0.05, 0.1) is 11.7 Å². The van der Waals surface area contributed by atoms with Crippen molar-refractivity contribution in [1.29, 1.82) is 0 Å². The molecule has 2 unspecified atom stereocenters. The topological polar surface area (TPSA) is 26.3 Å². The van der Waals surface area contributed by atoms with E-state index in [0.29, 0.717) is 12.0 Å². The molecule has 0 N–H and O–H groups in total. The van der Waals surface area contributed by atoms with Crippen LogP contribution in [-0.2, 0) is 4.74 Å². The summed E-state index contributed by atoms with van der Waals surface area (Å²) >= 11 is 0. The number of rotatable bonds is 2. The number of hydrogen-bond donors (Lipinski definition) is 0. The van der Waals surface area contributed by atoms with Crippen LogP contribution in [0.4, 0.5) is 4.39 Å². The SMILES string of the molecule is Cc1cc(C)c(C(=O)C2CCC(C)O2)c(F)c1. The highest BCUT2D eigenvalue weighted by molar-refractivity contribution is 6.01. The quantitative estimate of drug-likeness (QED) is 0.737. The zero-order valence-corrected chi connectivity index (χ0v) is 10.4. The van der Waals surface area contributed by atoms with Gasteiger partial charge in [-0.1, -0.05) is 6.07 Å². The standard InChI is InChI=1S/C14H17FO2/c1-8-6-9(2)13(11(15)7-8)14(16)12-5-4-10(3)17-12/h6-7,10,12H,4-5H2,1-3H3. The summed E-state index contributed by atoms with van der Waals surface area (Å²) in [6.45, 7) is 5.52. The van der Waals surface area contributed by atoms with E-state index in [4.69, 9.17) is 4.74 Å². The highest BCUT2D eigenvalue weighted by atomic mass is 19.1. The molecule has 0 aliphatic carbocycles. The second-order valence-corrected chi connectivity index (χ2v) is 4.82. The van der Waals surface area contributed by atoms with Gasteiger partial charge in [0.2, 0.25) is 0 Å². The van der Waals surface area contributed by atoms with Crippen molar-refractivity contribution in [2.45, 2.75) is 45.8 Å². The molecule has 3 heteroatoms. The second kappa shape index (κ2) is 4.57. The molecule has 1 aromatic carbocycles. The summed E-state index contributed by atoms with van der Waals surface area (Å²) in [5, 5.41) is 0. The lowest BCUT2D eigenvalue weighted by Gasteiger charge is -2.13. The molecular weight excluding hydrogens is 219 g/mol. The van der Waals surface area contributed by atoms with E-state index in [9.17, 15) is 9.18 Å². The number of halogens is 1. The van der Waals surface area contributed by atoms with Gasteiger partial charge in [-0.15, -0.1) is 0 Å². The van der Waals surface area contributed by atoms with Crippen molar-refractivity contribution in [3.63, 3.8) is 0 Å². The van der Waals surface area contributed by atoms with Crippen LogP contribution in [0.5, 0.6) is 0 Å². The number of Topliss-reactive ketones (excluding diaryl/α,β-unsaturated/α-hetero) is 1. The summed E-state index contributed by atoms with van der Waals surface area (Å²) in [6.07, 6.45) is 1.18. The van der Waals surface area contributed by atoms with Gasteiger partial charge in [0.25, 0.3) is 0 Å². The van der Waals surface area contributed by atoms with Crippen LogP contribution in [0, 0.1) is 19.7 Å². The molecule has 0 spiro atoms. The van der Waals surface area contributed by atoms with Gasteiger partial charge in [-0.3, -0.25) is 4.79 Å². The molecular formula is C14H17FO2. The van der Waals surface area contributed by atoms with E-state index in [1.165, 1.54) is 6.07 Å². The van der Waals surface area contributed by atoms with E-state index < -0.39 is 11.9 Å². The Morgan fingerprint density at radius 2 is 2.06 bits per heavy atom. The van der Waals surface area contributed by atoms with Crippen molar-refractivity contribution in [2.24, 2.45) is 0 Å². The Morgan fingerprint density at radius 1 is 1.35 bits per heavy atom. The smallest absolute Gasteiger partial charge is 0.194 e. The number of benzene rings is 1. The third-order valence-corrected chi connectivity index (χ3v) is 3.20. The lowest BCUT2D eigenvalue weighted by Crippen LogP contribution is -2.23. The van der Waals surface area contributed by atoms with Crippen LogP contribution in [0.1, 0.15) is 41.3 Å². The summed E-state index contributed by atoms with van der Waals surface area (Å²) in [7, 11) is 0. The maximum Gasteiger partial charge on any atom is 0.194 e. The minimum Gasteiger partial charge on any atom is -0.367 e. The Balaban J connectivity index is 2.31. The van der Waals surface area contributed by atoms with Gasteiger partial charge in [-0.25, -0.2) is 4.39 Å². The van der Waals surface area contributed by atoms with Gasteiger partial charge >= 0.3 is 0 Å². The summed E-state index contributed by atoms with van der Waals surface area (Å²) in [5.74, 6) is -0.653. The molecule has 0 bridgehead atoms. The van der Waals surface area contributed by atoms with Gasteiger partial charge in [0.1, 0.15) is 11.9 Å². The summed E-state index contributed by atoms with van der Waals surface area (Å²) < 4.78 is 19.3. The average molecular weight is 236 g/mol. The van der Waals surface area contributed by atoms with Crippen molar-refractivity contribution in [3.8, 4) is 0 Å².